The van der Waals surface area contributed by atoms with Crippen molar-refractivity contribution >= 4 is 17.6 Å². The zero-order chi connectivity index (χ0) is 12.8. The lowest BCUT2D eigenvalue weighted by molar-refractivity contribution is -0.111. The third-order valence-electron chi connectivity index (χ3n) is 1.92. The van der Waals surface area contributed by atoms with Gasteiger partial charge in [0.15, 0.2) is 0 Å². The third-order valence-corrected chi connectivity index (χ3v) is 1.92. The number of rotatable bonds is 4. The van der Waals surface area contributed by atoms with E-state index < -0.39 is 0 Å². The maximum atomic E-state index is 11.5. The molecule has 0 saturated heterocycles. The Morgan fingerprint density at radius 2 is 1.88 bits per heavy atom. The van der Waals surface area contributed by atoms with Crippen LogP contribution in [0.4, 0.5) is 5.69 Å². The van der Waals surface area contributed by atoms with Gasteiger partial charge in [-0.25, -0.2) is 4.79 Å². The Hall–Kier alpha value is -2.10. The van der Waals surface area contributed by atoms with Crippen molar-refractivity contribution < 1.29 is 14.3 Å². The van der Waals surface area contributed by atoms with E-state index in [1.165, 1.54) is 6.08 Å². The highest BCUT2D eigenvalue weighted by atomic mass is 16.5. The van der Waals surface area contributed by atoms with Gasteiger partial charge in [0, 0.05) is 5.69 Å². The summed E-state index contributed by atoms with van der Waals surface area (Å²) in [5.74, 6) is -0.663. The second-order valence-electron chi connectivity index (χ2n) is 3.72. The van der Waals surface area contributed by atoms with E-state index in [9.17, 15) is 9.59 Å². The molecule has 0 heterocycles. The largest absolute Gasteiger partial charge is 0.459 e. The van der Waals surface area contributed by atoms with Crippen molar-refractivity contribution in [2.75, 3.05) is 5.32 Å². The van der Waals surface area contributed by atoms with Gasteiger partial charge < -0.3 is 10.1 Å². The smallest absolute Gasteiger partial charge is 0.338 e. The molecule has 0 radical (unpaired) electrons. The minimum absolute atomic E-state index is 0.150. The Bertz CT molecular complexity index is 421. The van der Waals surface area contributed by atoms with E-state index in [1.807, 2.05) is 0 Å². The SMILES string of the molecule is C=CC(=O)Nc1ccc(C(=O)OC(C)C)cc1. The highest BCUT2D eigenvalue weighted by molar-refractivity contribution is 5.99. The molecule has 1 aromatic rings. The van der Waals surface area contributed by atoms with Crippen LogP contribution in [0, 0.1) is 0 Å². The van der Waals surface area contributed by atoms with Crippen LogP contribution < -0.4 is 5.32 Å². The van der Waals surface area contributed by atoms with Crippen molar-refractivity contribution in [3.63, 3.8) is 0 Å². The van der Waals surface area contributed by atoms with Gasteiger partial charge in [-0.3, -0.25) is 4.79 Å². The number of benzene rings is 1. The summed E-state index contributed by atoms with van der Waals surface area (Å²) < 4.78 is 5.04. The number of esters is 1. The van der Waals surface area contributed by atoms with Crippen molar-refractivity contribution in [1.29, 1.82) is 0 Å². The van der Waals surface area contributed by atoms with E-state index in [0.717, 1.165) is 0 Å². The fraction of sp³-hybridized carbons (Fsp3) is 0.231. The predicted molar refractivity (Wildman–Crippen MR) is 65.8 cm³/mol. The van der Waals surface area contributed by atoms with Gasteiger partial charge >= 0.3 is 5.97 Å². The van der Waals surface area contributed by atoms with Gasteiger partial charge in [-0.1, -0.05) is 6.58 Å². The van der Waals surface area contributed by atoms with Gasteiger partial charge in [0.25, 0.3) is 0 Å². The number of hydrogen-bond donors (Lipinski definition) is 1. The molecule has 0 aliphatic carbocycles. The lowest BCUT2D eigenvalue weighted by Crippen LogP contribution is -2.12. The number of nitrogens with one attached hydrogen (secondary N) is 1. The van der Waals surface area contributed by atoms with E-state index in [1.54, 1.807) is 38.1 Å². The van der Waals surface area contributed by atoms with Gasteiger partial charge in [0.1, 0.15) is 0 Å². The summed E-state index contributed by atoms with van der Waals surface area (Å²) in [6.45, 7) is 6.93. The molecule has 0 aromatic heterocycles. The van der Waals surface area contributed by atoms with Gasteiger partial charge in [0.2, 0.25) is 5.91 Å². The van der Waals surface area contributed by atoms with E-state index in [0.29, 0.717) is 11.3 Å². The molecular formula is C13H15NO3. The number of amides is 1. The molecule has 17 heavy (non-hydrogen) atoms. The quantitative estimate of drug-likeness (QED) is 0.641. The Morgan fingerprint density at radius 1 is 1.29 bits per heavy atom. The van der Waals surface area contributed by atoms with Gasteiger partial charge in [-0.05, 0) is 44.2 Å². The molecule has 90 valence electrons. The topological polar surface area (TPSA) is 55.4 Å². The van der Waals surface area contributed by atoms with Crippen LogP contribution in [0.25, 0.3) is 0 Å². The van der Waals surface area contributed by atoms with Crippen LogP contribution in [0.1, 0.15) is 24.2 Å². The van der Waals surface area contributed by atoms with Gasteiger partial charge in [0.05, 0.1) is 11.7 Å². The van der Waals surface area contributed by atoms with Crippen molar-refractivity contribution in [2.45, 2.75) is 20.0 Å². The Kier molecular flexibility index (Phi) is 4.46. The molecule has 0 saturated carbocycles. The fourth-order valence-corrected chi connectivity index (χ4v) is 1.17. The van der Waals surface area contributed by atoms with Crippen LogP contribution in [0.5, 0.6) is 0 Å². The number of anilines is 1. The zero-order valence-electron chi connectivity index (χ0n) is 9.90. The maximum absolute atomic E-state index is 11.5. The van der Waals surface area contributed by atoms with E-state index in [2.05, 4.69) is 11.9 Å². The molecule has 0 spiro atoms. The van der Waals surface area contributed by atoms with Crippen LogP contribution in [-0.4, -0.2) is 18.0 Å². The van der Waals surface area contributed by atoms with E-state index >= 15 is 0 Å². The van der Waals surface area contributed by atoms with Crippen molar-refractivity contribution in [3.8, 4) is 0 Å². The molecule has 0 unspecified atom stereocenters. The molecule has 1 aromatic carbocycles. The normalized spacial score (nSPS) is 9.82. The summed E-state index contributed by atoms with van der Waals surface area (Å²) in [5, 5.41) is 2.59. The summed E-state index contributed by atoms with van der Waals surface area (Å²) >= 11 is 0. The Balaban J connectivity index is 2.70. The number of ether oxygens (including phenoxy) is 1. The summed E-state index contributed by atoms with van der Waals surface area (Å²) in [4.78, 5) is 22.5. The summed E-state index contributed by atoms with van der Waals surface area (Å²) in [6, 6.07) is 6.48. The van der Waals surface area contributed by atoms with Crippen LogP contribution >= 0.6 is 0 Å². The number of carbonyl (C=O) groups excluding carboxylic acids is 2. The molecule has 0 atom stereocenters. The van der Waals surface area contributed by atoms with Crippen molar-refractivity contribution in [2.24, 2.45) is 0 Å². The second kappa shape index (κ2) is 5.84. The number of carbonyl (C=O) groups is 2. The summed E-state index contributed by atoms with van der Waals surface area (Å²) in [6.07, 6.45) is 1.03. The molecular weight excluding hydrogens is 218 g/mol. The summed E-state index contributed by atoms with van der Waals surface area (Å²) in [5.41, 5.74) is 1.06. The highest BCUT2D eigenvalue weighted by Gasteiger charge is 2.08. The average Bonchev–Trinajstić information content (AvgIpc) is 2.28. The molecule has 0 fully saturated rings. The first-order chi connectivity index (χ1) is 8.02. The van der Waals surface area contributed by atoms with Crippen molar-refractivity contribution in [1.82, 2.24) is 0 Å². The lowest BCUT2D eigenvalue weighted by Gasteiger charge is -2.08. The fourth-order valence-electron chi connectivity index (χ4n) is 1.17. The Labute approximate surface area is 100 Å². The van der Waals surface area contributed by atoms with Crippen LogP contribution in [-0.2, 0) is 9.53 Å². The molecule has 0 bridgehead atoms. The maximum Gasteiger partial charge on any atom is 0.338 e. The molecule has 4 nitrogen and oxygen atoms in total. The lowest BCUT2D eigenvalue weighted by atomic mass is 10.2. The molecule has 1 rings (SSSR count). The summed E-state index contributed by atoms with van der Waals surface area (Å²) in [7, 11) is 0. The van der Waals surface area contributed by atoms with Gasteiger partial charge in [-0.2, -0.15) is 0 Å². The zero-order valence-corrected chi connectivity index (χ0v) is 9.90. The standard InChI is InChI=1S/C13H15NO3/c1-4-12(15)14-11-7-5-10(6-8-11)13(16)17-9(2)3/h4-9H,1H2,2-3H3,(H,14,15). The van der Waals surface area contributed by atoms with Gasteiger partial charge in [-0.15, -0.1) is 0 Å². The van der Waals surface area contributed by atoms with E-state index in [4.69, 9.17) is 4.74 Å². The highest BCUT2D eigenvalue weighted by Crippen LogP contribution is 2.11. The first-order valence-electron chi connectivity index (χ1n) is 5.27. The van der Waals surface area contributed by atoms with Crippen molar-refractivity contribution in [3.05, 3.63) is 42.5 Å². The monoisotopic (exact) mass is 233 g/mol. The molecule has 4 heteroatoms. The molecule has 1 amide bonds. The first kappa shape index (κ1) is 13.0. The van der Waals surface area contributed by atoms with E-state index in [-0.39, 0.29) is 18.0 Å². The van der Waals surface area contributed by atoms with Crippen LogP contribution in [0.2, 0.25) is 0 Å². The molecule has 0 aliphatic rings. The molecule has 1 N–H and O–H groups in total. The first-order valence-corrected chi connectivity index (χ1v) is 5.27. The third kappa shape index (κ3) is 4.10. The van der Waals surface area contributed by atoms with Crippen LogP contribution in [0.3, 0.4) is 0 Å². The minimum Gasteiger partial charge on any atom is -0.459 e. The minimum atomic E-state index is -0.374. The second-order valence-corrected chi connectivity index (χ2v) is 3.72. The molecule has 0 aliphatic heterocycles. The average molecular weight is 233 g/mol. The number of hydrogen-bond acceptors (Lipinski definition) is 3. The van der Waals surface area contributed by atoms with Crippen LogP contribution in [0.15, 0.2) is 36.9 Å². The predicted octanol–water partition coefficient (Wildman–Crippen LogP) is 2.38. The Morgan fingerprint density at radius 3 is 2.35 bits per heavy atom.